The van der Waals surface area contributed by atoms with E-state index in [4.69, 9.17) is 71.4 Å². The number of hydrogen-bond donors (Lipinski definition) is 0. The molecule has 0 aromatic carbocycles. The highest BCUT2D eigenvalue weighted by molar-refractivity contribution is 6.70. The largest absolute Gasteiger partial charge is 0.680 e. The van der Waals surface area contributed by atoms with E-state index in [2.05, 4.69) is 27.7 Å². The van der Waals surface area contributed by atoms with Crippen LogP contribution in [0.1, 0.15) is 156 Å². The van der Waals surface area contributed by atoms with Crippen LogP contribution in [-0.2, 0) is 71.4 Å². The Balaban J connectivity index is -0.000000740. The van der Waals surface area contributed by atoms with Crippen LogP contribution in [0.2, 0.25) is 6.04 Å². The van der Waals surface area contributed by atoms with Gasteiger partial charge in [-0.1, -0.05) is 34.1 Å². The molecule has 1 saturated heterocycles. The van der Waals surface area contributed by atoms with Gasteiger partial charge >= 0.3 is 35.7 Å². The summed E-state index contributed by atoms with van der Waals surface area (Å²) in [4.78, 5) is 0. The lowest BCUT2D eigenvalue weighted by molar-refractivity contribution is -0.183. The topological polar surface area (TPSA) is 148 Å². The van der Waals surface area contributed by atoms with Gasteiger partial charge in [0.1, 0.15) is 0 Å². The predicted molar refractivity (Wildman–Crippen MR) is 249 cm³/mol. The Labute approximate surface area is 378 Å². The molecule has 0 atom stereocenters. The van der Waals surface area contributed by atoms with Crippen molar-refractivity contribution in [2.24, 2.45) is 0 Å². The maximum Gasteiger partial charge on any atom is 0.680 e. The first kappa shape index (κ1) is 65.5. The Morgan fingerprint density at radius 3 is 0.885 bits per heavy atom. The first-order valence-electron chi connectivity index (χ1n) is 22.9. The minimum atomic E-state index is -3.05. The Bertz CT molecular complexity index is 831. The number of ether oxygens (including phenoxy) is 2. The maximum absolute atomic E-state index is 5.84. The van der Waals surface area contributed by atoms with Crippen LogP contribution < -0.4 is 0 Å². The smallest absolute Gasteiger partial charge is 0.395 e. The lowest BCUT2D eigenvalue weighted by atomic mass is 10.2. The van der Waals surface area contributed by atoms with Crippen LogP contribution in [0.4, 0.5) is 0 Å². The van der Waals surface area contributed by atoms with Crippen molar-refractivity contribution in [1.29, 1.82) is 0 Å². The molecule has 0 aromatic rings. The highest BCUT2D eigenvalue weighted by atomic mass is 28.4. The molecule has 0 unspecified atom stereocenters. The van der Waals surface area contributed by atoms with Crippen LogP contribution in [0.5, 0.6) is 0 Å². The summed E-state index contributed by atoms with van der Waals surface area (Å²) in [6, 6.07) is 0.932. The minimum Gasteiger partial charge on any atom is -0.395 e. The summed E-state index contributed by atoms with van der Waals surface area (Å²) in [7, 11) is -4.38. The summed E-state index contributed by atoms with van der Waals surface area (Å²) in [5.74, 6) is 0. The maximum atomic E-state index is 5.84. The Morgan fingerprint density at radius 1 is 0.410 bits per heavy atom. The Morgan fingerprint density at radius 2 is 0.689 bits per heavy atom. The zero-order chi connectivity index (χ0) is 47.4. The van der Waals surface area contributed by atoms with Crippen LogP contribution in [-0.4, -0.2) is 147 Å². The fraction of sp³-hybridized carbons (Fsp3) is 1.00. The third kappa shape index (κ3) is 27.5. The first-order chi connectivity index (χ1) is 28.9. The van der Waals surface area contributed by atoms with Gasteiger partial charge in [-0.3, -0.25) is 0 Å². The van der Waals surface area contributed by atoms with Gasteiger partial charge in [-0.2, -0.15) is 0 Å². The average Bonchev–Trinajstić information content (AvgIpc) is 3.20. The molecular formula is C41H96O16Si4. The molecule has 0 radical (unpaired) electrons. The quantitative estimate of drug-likeness (QED) is 0.0466. The standard InChI is InChI=1S/2C12H28O4Si.C9H20O4Si.C8H20O4Si/c1-9(2)13-17(14-10(3)4,15-11(5)6)16-12(7)8;1-5-9-13-17(14-10-6-2,15-11-7-3)16-12-8-4;1-10-9(11-2)7-5-6-8-14(9,12-3)13-4;1-5-9-13(10-6-2,11-7-3)12-8-4/h9-12H,1-8H3;5-12H2,1-4H3;5-8H2,1-4H3;5-8H2,1-4H3. The molecule has 20 heteroatoms. The fourth-order valence-electron chi connectivity index (χ4n) is 5.73. The van der Waals surface area contributed by atoms with E-state index >= 15 is 0 Å². The predicted octanol–water partition coefficient (Wildman–Crippen LogP) is 9.25. The van der Waals surface area contributed by atoms with Crippen LogP contribution in [0, 0.1) is 0 Å². The van der Waals surface area contributed by atoms with E-state index in [0.717, 1.165) is 51.0 Å². The molecule has 0 N–H and O–H groups in total. The highest BCUT2D eigenvalue weighted by Crippen LogP contribution is 2.40. The third-order valence-electron chi connectivity index (χ3n) is 7.90. The van der Waals surface area contributed by atoms with Gasteiger partial charge in [0.15, 0.2) is 0 Å². The molecule has 0 bridgehead atoms. The lowest BCUT2D eigenvalue weighted by Gasteiger charge is -2.46. The summed E-state index contributed by atoms with van der Waals surface area (Å²) in [6.07, 6.45) is 6.89. The molecule has 0 spiro atoms. The second-order valence-electron chi connectivity index (χ2n) is 14.8. The van der Waals surface area contributed by atoms with Crippen molar-refractivity contribution in [3.8, 4) is 0 Å². The van der Waals surface area contributed by atoms with Crippen molar-refractivity contribution in [2.45, 2.75) is 192 Å². The van der Waals surface area contributed by atoms with Gasteiger partial charge in [0.05, 0.1) is 0 Å². The molecule has 1 rings (SSSR count). The van der Waals surface area contributed by atoms with E-state index in [1.807, 2.05) is 83.1 Å². The first-order valence-corrected chi connectivity index (χ1v) is 29.8. The molecule has 0 saturated carbocycles. The normalized spacial score (nSPS) is 15.3. The zero-order valence-corrected chi connectivity index (χ0v) is 46.7. The molecule has 1 aliphatic heterocycles. The van der Waals surface area contributed by atoms with E-state index in [0.29, 0.717) is 52.9 Å². The summed E-state index contributed by atoms with van der Waals surface area (Å²) >= 11 is 0. The lowest BCUT2D eigenvalue weighted by Crippen LogP contribution is -2.65. The van der Waals surface area contributed by atoms with Crippen LogP contribution >= 0.6 is 0 Å². The van der Waals surface area contributed by atoms with Gasteiger partial charge in [-0.25, -0.2) is 0 Å². The fourth-order valence-corrected chi connectivity index (χ4v) is 16.1. The number of rotatable bonds is 32. The van der Waals surface area contributed by atoms with E-state index in [-0.39, 0.29) is 24.4 Å². The molecule has 1 fully saturated rings. The highest BCUT2D eigenvalue weighted by Gasteiger charge is 2.60. The summed E-state index contributed by atoms with van der Waals surface area (Å²) in [6.45, 7) is 36.2. The van der Waals surface area contributed by atoms with Crippen molar-refractivity contribution >= 4 is 35.7 Å². The molecular weight excluding hydrogens is 861 g/mol. The van der Waals surface area contributed by atoms with Gasteiger partial charge < -0.3 is 71.4 Å². The van der Waals surface area contributed by atoms with Crippen LogP contribution in [0.3, 0.4) is 0 Å². The summed E-state index contributed by atoms with van der Waals surface area (Å²) in [5.41, 5.74) is -0.630. The Kier molecular flexibility index (Phi) is 41.2. The van der Waals surface area contributed by atoms with Gasteiger partial charge in [-0.05, 0) is 121 Å². The second-order valence-corrected chi connectivity index (χ2v) is 24.7. The minimum absolute atomic E-state index is 0.0120. The molecule has 0 aromatic heterocycles. The zero-order valence-electron chi connectivity index (χ0n) is 42.7. The van der Waals surface area contributed by atoms with E-state index in [9.17, 15) is 0 Å². The van der Waals surface area contributed by atoms with Crippen molar-refractivity contribution in [3.05, 3.63) is 0 Å². The van der Waals surface area contributed by atoms with Crippen molar-refractivity contribution in [2.75, 3.05) is 81.3 Å². The van der Waals surface area contributed by atoms with Crippen molar-refractivity contribution in [1.82, 2.24) is 0 Å². The van der Waals surface area contributed by atoms with Gasteiger partial charge in [-0.15, -0.1) is 0 Å². The molecule has 0 amide bonds. The van der Waals surface area contributed by atoms with Gasteiger partial charge in [0, 0.05) is 112 Å². The van der Waals surface area contributed by atoms with Crippen LogP contribution in [0.15, 0.2) is 0 Å². The monoisotopic (exact) mass is 957 g/mol. The molecule has 0 aliphatic carbocycles. The molecule has 16 nitrogen and oxygen atoms in total. The summed E-state index contributed by atoms with van der Waals surface area (Å²) in [5, 5.41) is 0. The van der Waals surface area contributed by atoms with Gasteiger partial charge in [0.25, 0.3) is 0 Å². The number of hydrogen-bond acceptors (Lipinski definition) is 16. The van der Waals surface area contributed by atoms with E-state index in [1.165, 1.54) is 0 Å². The van der Waals surface area contributed by atoms with Crippen molar-refractivity contribution < 1.29 is 71.4 Å². The van der Waals surface area contributed by atoms with Crippen molar-refractivity contribution in [3.63, 3.8) is 0 Å². The molecule has 372 valence electrons. The molecule has 1 aliphatic rings. The Hall–Kier alpha value is 0.228. The second kappa shape index (κ2) is 38.3. The molecule has 1 heterocycles. The third-order valence-corrected chi connectivity index (χ3v) is 19.9. The van der Waals surface area contributed by atoms with Crippen LogP contribution in [0.25, 0.3) is 0 Å². The van der Waals surface area contributed by atoms with Gasteiger partial charge in [0.2, 0.25) is 5.41 Å². The number of methoxy groups -OCH3 is 2. The summed E-state index contributed by atoms with van der Waals surface area (Å²) < 4.78 is 90.3. The van der Waals surface area contributed by atoms with E-state index < -0.39 is 41.1 Å². The molecule has 61 heavy (non-hydrogen) atoms. The average molecular weight is 958 g/mol. The van der Waals surface area contributed by atoms with E-state index in [1.54, 1.807) is 28.4 Å². The SMILES string of the molecule is CC(C)O[Si](OC(C)C)(OC(C)C)OC(C)C.CCCO[Si](OCCC)(OCCC)OCCC.CCO[Si](OCC)(OCC)OCC.COC1(OC)CCCC[Si]1(OC)OC.